The lowest BCUT2D eigenvalue weighted by molar-refractivity contribution is -0.104. The average Bonchev–Trinajstić information content (AvgIpc) is 2.39. The molecule has 0 bridgehead atoms. The number of hydrogen-bond donors (Lipinski definition) is 1. The van der Waals surface area contributed by atoms with Gasteiger partial charge in [-0.15, -0.1) is 0 Å². The number of phenolic OH excluding ortho intramolecular Hbond substituents is 1. The standard InChI is InChI=1S/C16H16O3/c1-12(11-17)4-3-8-16(2)9-7-13-10-14(18)5-6-15(13)19-16/h3-11,18H,1-2H3. The molecule has 1 aromatic rings. The second-order valence-corrected chi connectivity index (χ2v) is 4.73. The van der Waals surface area contributed by atoms with Crippen LogP contribution in [0.5, 0.6) is 11.5 Å². The Labute approximate surface area is 112 Å². The number of benzene rings is 1. The number of aldehydes is 1. The Bertz CT molecular complexity index is 582. The van der Waals surface area contributed by atoms with Crippen molar-refractivity contribution in [2.24, 2.45) is 0 Å². The quantitative estimate of drug-likeness (QED) is 0.513. The van der Waals surface area contributed by atoms with Crippen LogP contribution in [0.2, 0.25) is 0 Å². The SMILES string of the molecule is CC(C=O)=CC=CC1(C)C=Cc2cc(O)ccc2O1. The van der Waals surface area contributed by atoms with Gasteiger partial charge in [0.1, 0.15) is 23.4 Å². The summed E-state index contributed by atoms with van der Waals surface area (Å²) in [6.07, 6.45) is 10.1. The van der Waals surface area contributed by atoms with Crippen LogP contribution in [0.25, 0.3) is 6.08 Å². The smallest absolute Gasteiger partial charge is 0.145 e. The maximum atomic E-state index is 10.5. The van der Waals surface area contributed by atoms with Gasteiger partial charge in [0.15, 0.2) is 0 Å². The van der Waals surface area contributed by atoms with Crippen LogP contribution in [0.4, 0.5) is 0 Å². The summed E-state index contributed by atoms with van der Waals surface area (Å²) < 4.78 is 5.89. The van der Waals surface area contributed by atoms with E-state index in [-0.39, 0.29) is 5.75 Å². The Morgan fingerprint density at radius 3 is 2.95 bits per heavy atom. The van der Waals surface area contributed by atoms with E-state index in [4.69, 9.17) is 4.74 Å². The summed E-state index contributed by atoms with van der Waals surface area (Å²) >= 11 is 0. The summed E-state index contributed by atoms with van der Waals surface area (Å²) in [5, 5.41) is 9.40. The van der Waals surface area contributed by atoms with Gasteiger partial charge in [-0.25, -0.2) is 0 Å². The average molecular weight is 256 g/mol. The van der Waals surface area contributed by atoms with E-state index in [1.807, 2.05) is 25.2 Å². The summed E-state index contributed by atoms with van der Waals surface area (Å²) in [5.74, 6) is 0.944. The van der Waals surface area contributed by atoms with Crippen molar-refractivity contribution in [1.82, 2.24) is 0 Å². The zero-order chi connectivity index (χ0) is 13.9. The molecule has 1 aliphatic heterocycles. The third kappa shape index (κ3) is 3.13. The summed E-state index contributed by atoms with van der Waals surface area (Å²) in [6, 6.07) is 5.00. The number of ether oxygens (including phenoxy) is 1. The molecule has 0 saturated carbocycles. The molecule has 1 atom stereocenters. The number of fused-ring (bicyclic) bond motifs is 1. The van der Waals surface area contributed by atoms with Crippen molar-refractivity contribution in [3.05, 3.63) is 53.6 Å². The van der Waals surface area contributed by atoms with Crippen molar-refractivity contribution in [2.75, 3.05) is 0 Å². The maximum absolute atomic E-state index is 10.5. The van der Waals surface area contributed by atoms with Gasteiger partial charge >= 0.3 is 0 Å². The van der Waals surface area contributed by atoms with Crippen molar-refractivity contribution in [1.29, 1.82) is 0 Å². The maximum Gasteiger partial charge on any atom is 0.145 e. The normalized spacial score (nSPS) is 22.1. The third-order valence-electron chi connectivity index (χ3n) is 2.89. The molecule has 19 heavy (non-hydrogen) atoms. The highest BCUT2D eigenvalue weighted by molar-refractivity contribution is 5.72. The highest BCUT2D eigenvalue weighted by atomic mass is 16.5. The lowest BCUT2D eigenvalue weighted by atomic mass is 9.99. The lowest BCUT2D eigenvalue weighted by Gasteiger charge is -2.28. The van der Waals surface area contributed by atoms with Crippen molar-refractivity contribution in [3.63, 3.8) is 0 Å². The van der Waals surface area contributed by atoms with Crippen LogP contribution in [-0.4, -0.2) is 17.0 Å². The van der Waals surface area contributed by atoms with Gasteiger partial charge in [-0.2, -0.15) is 0 Å². The van der Waals surface area contributed by atoms with Crippen molar-refractivity contribution in [2.45, 2.75) is 19.4 Å². The van der Waals surface area contributed by atoms with Gasteiger partial charge in [-0.05, 0) is 49.8 Å². The first kappa shape index (κ1) is 13.1. The molecular weight excluding hydrogens is 240 g/mol. The largest absolute Gasteiger partial charge is 0.508 e. The Hall–Kier alpha value is -2.29. The second kappa shape index (κ2) is 5.14. The molecule has 0 aliphatic carbocycles. The predicted octanol–water partition coefficient (Wildman–Crippen LogP) is 3.26. The van der Waals surface area contributed by atoms with E-state index in [1.165, 1.54) is 0 Å². The van der Waals surface area contributed by atoms with Gasteiger partial charge < -0.3 is 9.84 Å². The molecular formula is C16H16O3. The fraction of sp³-hybridized carbons (Fsp3) is 0.188. The van der Waals surface area contributed by atoms with Gasteiger partial charge in [0.25, 0.3) is 0 Å². The van der Waals surface area contributed by atoms with Gasteiger partial charge in [0.05, 0.1) is 0 Å². The van der Waals surface area contributed by atoms with Crippen LogP contribution >= 0.6 is 0 Å². The molecule has 1 aliphatic rings. The Morgan fingerprint density at radius 1 is 1.42 bits per heavy atom. The van der Waals surface area contributed by atoms with Crippen LogP contribution in [0.3, 0.4) is 0 Å². The number of hydrogen-bond acceptors (Lipinski definition) is 3. The van der Waals surface area contributed by atoms with E-state index < -0.39 is 5.60 Å². The molecule has 0 spiro atoms. The van der Waals surface area contributed by atoms with E-state index >= 15 is 0 Å². The molecule has 0 radical (unpaired) electrons. The molecule has 1 heterocycles. The first-order valence-corrected chi connectivity index (χ1v) is 6.05. The molecule has 0 amide bonds. The molecule has 2 rings (SSSR count). The lowest BCUT2D eigenvalue weighted by Crippen LogP contribution is -2.29. The minimum atomic E-state index is -0.552. The van der Waals surface area contributed by atoms with Crippen molar-refractivity contribution < 1.29 is 14.6 Å². The molecule has 3 heteroatoms. The van der Waals surface area contributed by atoms with Crippen LogP contribution in [0.1, 0.15) is 19.4 Å². The van der Waals surface area contributed by atoms with Gasteiger partial charge in [0.2, 0.25) is 0 Å². The first-order chi connectivity index (χ1) is 9.02. The highest BCUT2D eigenvalue weighted by Gasteiger charge is 2.24. The van der Waals surface area contributed by atoms with E-state index in [0.717, 1.165) is 17.6 Å². The zero-order valence-corrected chi connectivity index (χ0v) is 11.0. The fourth-order valence-electron chi connectivity index (χ4n) is 1.81. The van der Waals surface area contributed by atoms with E-state index in [2.05, 4.69) is 0 Å². The first-order valence-electron chi connectivity index (χ1n) is 6.05. The molecule has 3 nitrogen and oxygen atoms in total. The minimum Gasteiger partial charge on any atom is -0.508 e. The Balaban J connectivity index is 2.21. The summed E-state index contributed by atoms with van der Waals surface area (Å²) in [5.41, 5.74) is 0.958. The third-order valence-corrected chi connectivity index (χ3v) is 2.89. The van der Waals surface area contributed by atoms with Crippen LogP contribution in [0, 0.1) is 0 Å². The van der Waals surface area contributed by atoms with Crippen molar-refractivity contribution in [3.8, 4) is 11.5 Å². The monoisotopic (exact) mass is 256 g/mol. The minimum absolute atomic E-state index is 0.218. The second-order valence-electron chi connectivity index (χ2n) is 4.73. The molecule has 1 unspecified atom stereocenters. The number of carbonyl (C=O) groups excluding carboxylic acids is 1. The molecule has 1 aromatic carbocycles. The van der Waals surface area contributed by atoms with E-state index in [1.54, 1.807) is 37.3 Å². The molecule has 0 saturated heterocycles. The van der Waals surface area contributed by atoms with Crippen molar-refractivity contribution >= 4 is 12.4 Å². The summed E-state index contributed by atoms with van der Waals surface area (Å²) in [4.78, 5) is 10.5. The number of carbonyl (C=O) groups is 1. The predicted molar refractivity (Wildman–Crippen MR) is 75.1 cm³/mol. The fourth-order valence-corrected chi connectivity index (χ4v) is 1.81. The van der Waals surface area contributed by atoms with Gasteiger partial charge in [-0.1, -0.05) is 18.2 Å². The molecule has 0 aromatic heterocycles. The number of aromatic hydroxyl groups is 1. The summed E-state index contributed by atoms with van der Waals surface area (Å²) in [6.45, 7) is 3.68. The number of allylic oxidation sites excluding steroid dienone is 3. The number of rotatable bonds is 3. The zero-order valence-electron chi connectivity index (χ0n) is 11.0. The van der Waals surface area contributed by atoms with E-state index in [0.29, 0.717) is 5.57 Å². The van der Waals surface area contributed by atoms with E-state index in [9.17, 15) is 9.90 Å². The topological polar surface area (TPSA) is 46.5 Å². The van der Waals surface area contributed by atoms with Gasteiger partial charge in [0, 0.05) is 5.56 Å². The number of phenols is 1. The molecule has 98 valence electrons. The molecule has 0 fully saturated rings. The highest BCUT2D eigenvalue weighted by Crippen LogP contribution is 2.33. The Kier molecular flexibility index (Phi) is 3.56. The van der Waals surface area contributed by atoms with Crippen LogP contribution < -0.4 is 4.74 Å². The van der Waals surface area contributed by atoms with Crippen LogP contribution in [-0.2, 0) is 4.79 Å². The van der Waals surface area contributed by atoms with Gasteiger partial charge in [-0.3, -0.25) is 4.79 Å². The molecule has 1 N–H and O–H groups in total. The Morgan fingerprint density at radius 2 is 2.21 bits per heavy atom. The van der Waals surface area contributed by atoms with Crippen LogP contribution in [0.15, 0.2) is 48.1 Å². The summed E-state index contributed by atoms with van der Waals surface area (Å²) in [7, 11) is 0.